The van der Waals surface area contributed by atoms with Gasteiger partial charge >= 0.3 is 0 Å². The third-order valence-corrected chi connectivity index (χ3v) is 17.3. The highest BCUT2D eigenvalue weighted by Crippen LogP contribution is 2.66. The summed E-state index contributed by atoms with van der Waals surface area (Å²) in [5.41, 5.74) is 23.3. The predicted molar refractivity (Wildman–Crippen MR) is 255 cm³/mol. The summed E-state index contributed by atoms with van der Waals surface area (Å²) in [6.07, 6.45) is 7.13. The lowest BCUT2D eigenvalue weighted by atomic mass is 9.33. The monoisotopic (exact) mass is 783 g/mol. The summed E-state index contributed by atoms with van der Waals surface area (Å²) in [5, 5.41) is 0. The van der Waals surface area contributed by atoms with Crippen LogP contribution in [0.1, 0.15) is 120 Å². The molecular formula is C56H58BN3. The van der Waals surface area contributed by atoms with Gasteiger partial charge in [0, 0.05) is 50.6 Å². The van der Waals surface area contributed by atoms with Crippen LogP contribution in [-0.2, 0) is 28.2 Å². The van der Waals surface area contributed by atoms with Crippen LogP contribution in [-0.4, -0.2) is 12.3 Å². The van der Waals surface area contributed by atoms with Gasteiger partial charge in [0.15, 0.2) is 0 Å². The third kappa shape index (κ3) is 4.33. The molecule has 6 aliphatic rings. The molecular weight excluding hydrogens is 725 g/mol. The summed E-state index contributed by atoms with van der Waals surface area (Å²) in [7, 11) is 0. The van der Waals surface area contributed by atoms with E-state index in [0.29, 0.717) is 0 Å². The van der Waals surface area contributed by atoms with Crippen LogP contribution >= 0.6 is 0 Å². The fourth-order valence-corrected chi connectivity index (χ4v) is 13.7. The molecule has 0 bridgehead atoms. The molecule has 3 nitrogen and oxygen atoms in total. The number of hydrogen-bond acceptors (Lipinski definition) is 3. The lowest BCUT2D eigenvalue weighted by molar-refractivity contribution is 0.195. The highest BCUT2D eigenvalue weighted by molar-refractivity contribution is 7.00. The highest BCUT2D eigenvalue weighted by atomic mass is 15.3. The molecule has 6 aromatic rings. The number of fused-ring (bicyclic) bond motifs is 12. The first-order valence-electron chi connectivity index (χ1n) is 22.8. The smallest absolute Gasteiger partial charge is 0.252 e. The van der Waals surface area contributed by atoms with E-state index >= 15 is 0 Å². The molecule has 12 rings (SSSR count). The standard InChI is InChI=1S/C56H58BN3/c1-35-20-23-39(24-21-35)58-47-25-22-36(2)30-44(47)57-45-32-38(52(3,4)5)31-43-51(45)60(56(9)41-17-11-10-16-37(41)26-29-54(43,56)7)49-34-40(33-48(58)50(49)57)59-46-19-13-12-18-42(46)53(6)27-14-15-28-55(53,59)8/h10-13,16-25,30-34H,14-15,26-29H2,1-9H3. The fraction of sp³-hybridized carbons (Fsp3) is 0.357. The van der Waals surface area contributed by atoms with E-state index in [9.17, 15) is 0 Å². The zero-order valence-corrected chi connectivity index (χ0v) is 37.1. The summed E-state index contributed by atoms with van der Waals surface area (Å²) in [6.45, 7) is 22.2. The van der Waals surface area contributed by atoms with Gasteiger partial charge in [-0.05, 0) is 139 Å². The van der Waals surface area contributed by atoms with E-state index in [0.717, 1.165) is 12.8 Å². The molecule has 4 atom stereocenters. The number of rotatable bonds is 2. The van der Waals surface area contributed by atoms with Gasteiger partial charge in [0.2, 0.25) is 0 Å². The quantitative estimate of drug-likeness (QED) is 0.162. The van der Waals surface area contributed by atoms with Gasteiger partial charge in [0.05, 0.1) is 11.1 Å². The molecule has 0 saturated heterocycles. The Hall–Kier alpha value is -5.22. The van der Waals surface area contributed by atoms with E-state index in [1.165, 1.54) is 121 Å². The molecule has 0 N–H and O–H groups in total. The number of anilines is 7. The van der Waals surface area contributed by atoms with Gasteiger partial charge in [-0.1, -0.05) is 137 Å². The first-order chi connectivity index (χ1) is 28.7. The number of hydrogen-bond donors (Lipinski definition) is 0. The van der Waals surface area contributed by atoms with E-state index in [2.05, 4.69) is 192 Å². The van der Waals surface area contributed by atoms with Crippen LogP contribution in [0.3, 0.4) is 0 Å². The molecule has 4 unspecified atom stereocenters. The van der Waals surface area contributed by atoms with E-state index in [4.69, 9.17) is 0 Å². The van der Waals surface area contributed by atoms with Gasteiger partial charge in [-0.3, -0.25) is 0 Å². The Morgan fingerprint density at radius 1 is 0.550 bits per heavy atom. The Labute approximate surface area is 358 Å². The summed E-state index contributed by atoms with van der Waals surface area (Å²) < 4.78 is 0. The van der Waals surface area contributed by atoms with Crippen molar-refractivity contribution in [3.05, 3.63) is 154 Å². The maximum absolute atomic E-state index is 2.90. The zero-order chi connectivity index (χ0) is 41.3. The molecule has 2 aliphatic carbocycles. The maximum atomic E-state index is 2.90. The van der Waals surface area contributed by atoms with Crippen LogP contribution in [0.5, 0.6) is 0 Å². The SMILES string of the molecule is Cc1ccc(N2c3ccc(C)cc3B3c4cc(C(C)(C)C)cc5c4N(c4cc(N6c7ccccc7C7(C)CCCCC67C)cc2c43)C2(C)c3ccccc3CCC52C)cc1. The maximum Gasteiger partial charge on any atom is 0.252 e. The molecule has 4 heteroatoms. The minimum atomic E-state index is -0.305. The van der Waals surface area contributed by atoms with E-state index in [1.807, 2.05) is 0 Å². The van der Waals surface area contributed by atoms with Crippen molar-refractivity contribution < 1.29 is 0 Å². The third-order valence-electron chi connectivity index (χ3n) is 17.3. The van der Waals surface area contributed by atoms with Crippen molar-refractivity contribution in [3.8, 4) is 0 Å². The molecule has 4 aliphatic heterocycles. The normalized spacial score (nSPS) is 26.5. The minimum absolute atomic E-state index is 0.00544. The summed E-state index contributed by atoms with van der Waals surface area (Å²) >= 11 is 0. The molecule has 0 spiro atoms. The summed E-state index contributed by atoms with van der Waals surface area (Å²) in [4.78, 5) is 8.35. The van der Waals surface area contributed by atoms with Crippen LogP contribution in [0.4, 0.5) is 39.8 Å². The molecule has 0 amide bonds. The second-order valence-corrected chi connectivity index (χ2v) is 21.3. The van der Waals surface area contributed by atoms with Gasteiger partial charge in [-0.15, -0.1) is 0 Å². The van der Waals surface area contributed by atoms with Crippen molar-refractivity contribution in [2.45, 2.75) is 128 Å². The van der Waals surface area contributed by atoms with Crippen molar-refractivity contribution in [1.82, 2.24) is 0 Å². The minimum Gasteiger partial charge on any atom is -0.334 e. The van der Waals surface area contributed by atoms with Crippen LogP contribution in [0.15, 0.2) is 115 Å². The molecule has 1 fully saturated rings. The van der Waals surface area contributed by atoms with Crippen molar-refractivity contribution >= 4 is 62.9 Å². The first kappa shape index (κ1) is 36.6. The van der Waals surface area contributed by atoms with Gasteiger partial charge in [-0.2, -0.15) is 0 Å². The number of benzene rings is 6. The molecule has 6 aromatic carbocycles. The van der Waals surface area contributed by atoms with E-state index in [-0.39, 0.29) is 34.0 Å². The van der Waals surface area contributed by atoms with Gasteiger partial charge < -0.3 is 14.7 Å². The lowest BCUT2D eigenvalue weighted by Crippen LogP contribution is -2.64. The zero-order valence-electron chi connectivity index (χ0n) is 37.1. The van der Waals surface area contributed by atoms with E-state index in [1.54, 1.807) is 0 Å². The molecule has 0 radical (unpaired) electrons. The number of para-hydroxylation sites is 1. The van der Waals surface area contributed by atoms with Crippen molar-refractivity contribution in [1.29, 1.82) is 0 Å². The Morgan fingerprint density at radius 3 is 2.03 bits per heavy atom. The first-order valence-corrected chi connectivity index (χ1v) is 22.8. The fourth-order valence-electron chi connectivity index (χ4n) is 13.7. The average molecular weight is 784 g/mol. The predicted octanol–water partition coefficient (Wildman–Crippen LogP) is 12.2. The van der Waals surface area contributed by atoms with Crippen LogP contribution in [0.2, 0.25) is 0 Å². The molecule has 0 aromatic heterocycles. The van der Waals surface area contributed by atoms with Crippen molar-refractivity contribution in [2.75, 3.05) is 14.7 Å². The van der Waals surface area contributed by atoms with E-state index < -0.39 is 0 Å². The topological polar surface area (TPSA) is 9.72 Å². The number of nitrogens with zero attached hydrogens (tertiary/aromatic N) is 3. The van der Waals surface area contributed by atoms with Crippen molar-refractivity contribution in [2.24, 2.45) is 0 Å². The molecule has 4 heterocycles. The Kier molecular flexibility index (Phi) is 7.19. The summed E-state index contributed by atoms with van der Waals surface area (Å²) in [5.74, 6) is 0. The molecule has 60 heavy (non-hydrogen) atoms. The highest BCUT2D eigenvalue weighted by Gasteiger charge is 2.64. The van der Waals surface area contributed by atoms with Crippen LogP contribution in [0, 0.1) is 13.8 Å². The van der Waals surface area contributed by atoms with Crippen LogP contribution in [0.25, 0.3) is 0 Å². The Balaban J connectivity index is 1.25. The summed E-state index contributed by atoms with van der Waals surface area (Å²) in [6, 6.07) is 45.9. The lowest BCUT2D eigenvalue weighted by Gasteiger charge is -2.54. The number of aryl methyl sites for hydroxylation is 3. The largest absolute Gasteiger partial charge is 0.334 e. The average Bonchev–Trinajstić information content (AvgIpc) is 3.58. The van der Waals surface area contributed by atoms with Crippen molar-refractivity contribution in [3.63, 3.8) is 0 Å². The van der Waals surface area contributed by atoms with Crippen LogP contribution < -0.4 is 31.1 Å². The second kappa shape index (κ2) is 11.8. The molecule has 300 valence electrons. The molecule has 1 saturated carbocycles. The Bertz CT molecular complexity index is 2830. The van der Waals surface area contributed by atoms with Gasteiger partial charge in [0.25, 0.3) is 6.71 Å². The second-order valence-electron chi connectivity index (χ2n) is 21.3. The van der Waals surface area contributed by atoms with Gasteiger partial charge in [0.1, 0.15) is 0 Å². The van der Waals surface area contributed by atoms with Gasteiger partial charge in [-0.25, -0.2) is 0 Å². The Morgan fingerprint density at radius 2 is 1.25 bits per heavy atom.